The van der Waals surface area contributed by atoms with E-state index in [0.717, 1.165) is 34.7 Å². The molecule has 0 saturated carbocycles. The van der Waals surface area contributed by atoms with Gasteiger partial charge in [0.2, 0.25) is 0 Å². The van der Waals surface area contributed by atoms with Crippen molar-refractivity contribution in [1.82, 2.24) is 4.98 Å². The van der Waals surface area contributed by atoms with Gasteiger partial charge in [0.1, 0.15) is 0 Å². The molecule has 2 N–H and O–H groups in total. The molecule has 1 heterocycles. The van der Waals surface area contributed by atoms with Crippen LogP contribution in [0.25, 0.3) is 10.2 Å². The summed E-state index contributed by atoms with van der Waals surface area (Å²) in [5.41, 5.74) is 5.67. The van der Waals surface area contributed by atoms with E-state index in [1.807, 2.05) is 6.92 Å². The molecule has 0 saturated heterocycles. The van der Waals surface area contributed by atoms with E-state index in [9.17, 15) is 13.2 Å². The van der Waals surface area contributed by atoms with Crippen LogP contribution in [-0.4, -0.2) is 11.0 Å². The van der Waals surface area contributed by atoms with E-state index in [-0.39, 0.29) is 6.04 Å². The normalized spacial score (nSPS) is 13.9. The molecule has 2 rings (SSSR count). The SMILES string of the molecule is CCCC(N)Cc1nc2cc(C(F)(F)F)ccc2s1. The van der Waals surface area contributed by atoms with Gasteiger partial charge in [-0.25, -0.2) is 4.98 Å². The molecule has 0 fully saturated rings. The molecule has 0 aliphatic heterocycles. The summed E-state index contributed by atoms with van der Waals surface area (Å²) in [6, 6.07) is 3.69. The van der Waals surface area contributed by atoms with E-state index in [1.165, 1.54) is 17.4 Å². The Kier molecular flexibility index (Phi) is 4.10. The first-order valence-electron chi connectivity index (χ1n) is 6.12. The van der Waals surface area contributed by atoms with Crippen molar-refractivity contribution in [3.63, 3.8) is 0 Å². The molecule has 1 unspecified atom stereocenters. The third-order valence-corrected chi connectivity index (χ3v) is 3.91. The summed E-state index contributed by atoms with van der Waals surface area (Å²) in [6.07, 6.45) is -1.82. The quantitative estimate of drug-likeness (QED) is 0.924. The van der Waals surface area contributed by atoms with Crippen LogP contribution in [0.2, 0.25) is 0 Å². The molecule has 0 aliphatic rings. The number of nitrogens with zero attached hydrogens (tertiary/aromatic N) is 1. The minimum absolute atomic E-state index is 0.0210. The Hall–Kier alpha value is -1.14. The summed E-state index contributed by atoms with van der Waals surface area (Å²) >= 11 is 1.41. The molecule has 0 bridgehead atoms. The van der Waals surface area contributed by atoms with Crippen LogP contribution in [0.15, 0.2) is 18.2 Å². The van der Waals surface area contributed by atoms with Gasteiger partial charge in [-0.05, 0) is 24.6 Å². The van der Waals surface area contributed by atoms with Gasteiger partial charge >= 0.3 is 6.18 Å². The van der Waals surface area contributed by atoms with E-state index < -0.39 is 11.7 Å². The maximum atomic E-state index is 12.6. The second-order valence-electron chi connectivity index (χ2n) is 4.54. The summed E-state index contributed by atoms with van der Waals surface area (Å²) < 4.78 is 38.5. The Labute approximate surface area is 113 Å². The maximum absolute atomic E-state index is 12.6. The Morgan fingerprint density at radius 2 is 2.11 bits per heavy atom. The van der Waals surface area contributed by atoms with Crippen molar-refractivity contribution in [2.45, 2.75) is 38.4 Å². The molecule has 104 valence electrons. The van der Waals surface area contributed by atoms with Crippen LogP contribution < -0.4 is 5.73 Å². The zero-order chi connectivity index (χ0) is 14.0. The van der Waals surface area contributed by atoms with Crippen LogP contribution in [0.4, 0.5) is 13.2 Å². The molecule has 6 heteroatoms. The molecule has 1 aromatic carbocycles. The minimum Gasteiger partial charge on any atom is -0.327 e. The number of benzene rings is 1. The van der Waals surface area contributed by atoms with Crippen molar-refractivity contribution in [2.24, 2.45) is 5.73 Å². The van der Waals surface area contributed by atoms with Crippen molar-refractivity contribution < 1.29 is 13.2 Å². The standard InChI is InChI=1S/C13H15F3N2S/c1-2-3-9(17)7-12-18-10-6-8(13(14,15)16)4-5-11(10)19-12/h4-6,9H,2-3,7,17H2,1H3. The summed E-state index contributed by atoms with van der Waals surface area (Å²) in [6.45, 7) is 2.05. The van der Waals surface area contributed by atoms with Gasteiger partial charge in [0.25, 0.3) is 0 Å². The van der Waals surface area contributed by atoms with Crippen LogP contribution in [0.1, 0.15) is 30.3 Å². The highest BCUT2D eigenvalue weighted by atomic mass is 32.1. The fourth-order valence-electron chi connectivity index (χ4n) is 1.94. The molecule has 0 aliphatic carbocycles. The Bertz CT molecular complexity index is 563. The predicted octanol–water partition coefficient (Wildman–Crippen LogP) is 3.99. The van der Waals surface area contributed by atoms with E-state index in [0.29, 0.717) is 11.9 Å². The number of rotatable bonds is 4. The summed E-state index contributed by atoms with van der Waals surface area (Å²) in [4.78, 5) is 4.25. The van der Waals surface area contributed by atoms with Gasteiger partial charge in [0, 0.05) is 12.5 Å². The topological polar surface area (TPSA) is 38.9 Å². The van der Waals surface area contributed by atoms with Gasteiger partial charge in [0.05, 0.1) is 20.8 Å². The molecule has 2 nitrogen and oxygen atoms in total. The first kappa shape index (κ1) is 14.3. The summed E-state index contributed by atoms with van der Waals surface area (Å²) in [5, 5.41) is 0.801. The molecule has 0 amide bonds. The van der Waals surface area contributed by atoms with Crippen molar-refractivity contribution in [3.05, 3.63) is 28.8 Å². The highest BCUT2D eigenvalue weighted by molar-refractivity contribution is 7.18. The van der Waals surface area contributed by atoms with Gasteiger partial charge in [0.15, 0.2) is 0 Å². The lowest BCUT2D eigenvalue weighted by Crippen LogP contribution is -2.22. The van der Waals surface area contributed by atoms with Crippen molar-refractivity contribution >= 4 is 21.6 Å². The lowest BCUT2D eigenvalue weighted by Gasteiger charge is -2.06. The first-order valence-corrected chi connectivity index (χ1v) is 6.94. The number of hydrogen-bond donors (Lipinski definition) is 1. The second-order valence-corrected chi connectivity index (χ2v) is 5.66. The molecule has 2 aromatic rings. The molecule has 0 radical (unpaired) electrons. The lowest BCUT2D eigenvalue weighted by molar-refractivity contribution is -0.137. The third-order valence-electron chi connectivity index (χ3n) is 2.86. The number of alkyl halides is 3. The van der Waals surface area contributed by atoms with E-state index >= 15 is 0 Å². The average Bonchev–Trinajstić information content (AvgIpc) is 2.68. The highest BCUT2D eigenvalue weighted by Crippen LogP contribution is 2.33. The number of halogens is 3. The lowest BCUT2D eigenvalue weighted by atomic mass is 10.1. The Morgan fingerprint density at radius 3 is 2.74 bits per heavy atom. The molecule has 1 atom stereocenters. The number of fused-ring (bicyclic) bond motifs is 1. The van der Waals surface area contributed by atoms with Crippen LogP contribution in [0.3, 0.4) is 0 Å². The monoisotopic (exact) mass is 288 g/mol. The Morgan fingerprint density at radius 1 is 1.37 bits per heavy atom. The van der Waals surface area contributed by atoms with Crippen molar-refractivity contribution in [1.29, 1.82) is 0 Å². The summed E-state index contributed by atoms with van der Waals surface area (Å²) in [5.74, 6) is 0. The van der Waals surface area contributed by atoms with Crippen LogP contribution >= 0.6 is 11.3 Å². The first-order chi connectivity index (χ1) is 8.90. The fraction of sp³-hybridized carbons (Fsp3) is 0.462. The fourth-order valence-corrected chi connectivity index (χ4v) is 2.98. The van der Waals surface area contributed by atoms with Gasteiger partial charge in [-0.1, -0.05) is 13.3 Å². The molecule has 0 spiro atoms. The molecule has 1 aromatic heterocycles. The van der Waals surface area contributed by atoms with Crippen molar-refractivity contribution in [2.75, 3.05) is 0 Å². The smallest absolute Gasteiger partial charge is 0.327 e. The van der Waals surface area contributed by atoms with Gasteiger partial charge in [-0.3, -0.25) is 0 Å². The van der Waals surface area contributed by atoms with Gasteiger partial charge in [-0.2, -0.15) is 13.2 Å². The minimum atomic E-state index is -4.32. The largest absolute Gasteiger partial charge is 0.416 e. The van der Waals surface area contributed by atoms with Gasteiger partial charge < -0.3 is 5.73 Å². The third kappa shape index (κ3) is 3.45. The van der Waals surface area contributed by atoms with E-state index in [1.54, 1.807) is 0 Å². The van der Waals surface area contributed by atoms with Crippen LogP contribution in [0, 0.1) is 0 Å². The number of thiazole rings is 1. The van der Waals surface area contributed by atoms with E-state index in [4.69, 9.17) is 5.73 Å². The average molecular weight is 288 g/mol. The second kappa shape index (κ2) is 5.46. The predicted molar refractivity (Wildman–Crippen MR) is 71.2 cm³/mol. The van der Waals surface area contributed by atoms with Crippen molar-refractivity contribution in [3.8, 4) is 0 Å². The van der Waals surface area contributed by atoms with Gasteiger partial charge in [-0.15, -0.1) is 11.3 Å². The number of nitrogens with two attached hydrogens (primary N) is 1. The number of aromatic nitrogens is 1. The molecular formula is C13H15F3N2S. The van der Waals surface area contributed by atoms with E-state index in [2.05, 4.69) is 4.98 Å². The Balaban J connectivity index is 2.26. The molecular weight excluding hydrogens is 273 g/mol. The maximum Gasteiger partial charge on any atom is 0.416 e. The van der Waals surface area contributed by atoms with Crippen LogP contribution in [-0.2, 0) is 12.6 Å². The highest BCUT2D eigenvalue weighted by Gasteiger charge is 2.30. The zero-order valence-corrected chi connectivity index (χ0v) is 11.3. The molecule has 19 heavy (non-hydrogen) atoms. The summed E-state index contributed by atoms with van der Waals surface area (Å²) in [7, 11) is 0. The van der Waals surface area contributed by atoms with Crippen LogP contribution in [0.5, 0.6) is 0 Å². The zero-order valence-electron chi connectivity index (χ0n) is 10.5. The number of hydrogen-bond acceptors (Lipinski definition) is 3.